The lowest BCUT2D eigenvalue weighted by Crippen LogP contribution is -2.38. The predicted octanol–water partition coefficient (Wildman–Crippen LogP) is 1.33. The molecule has 1 atom stereocenters. The van der Waals surface area contributed by atoms with Crippen LogP contribution < -0.4 is 5.73 Å². The molecule has 1 aromatic rings. The number of aromatic nitrogens is 1. The van der Waals surface area contributed by atoms with Gasteiger partial charge in [0.15, 0.2) is 0 Å². The standard InChI is InChI=1S/C13H19N3O3S/c1-19-7-5-11(17)16-6-3-2-4-9(16)13-15-8-10(20-13)12(14)18/h8-9H,2-7H2,1H3,(H2,14,18). The highest BCUT2D eigenvalue weighted by Gasteiger charge is 2.30. The molecular weight excluding hydrogens is 278 g/mol. The summed E-state index contributed by atoms with van der Waals surface area (Å²) < 4.78 is 4.96. The number of carbonyl (C=O) groups excluding carboxylic acids is 2. The van der Waals surface area contributed by atoms with Crippen LogP contribution >= 0.6 is 11.3 Å². The molecule has 2 rings (SSSR count). The molecule has 0 bridgehead atoms. The zero-order valence-electron chi connectivity index (χ0n) is 11.5. The number of nitrogens with two attached hydrogens (primary N) is 1. The molecule has 20 heavy (non-hydrogen) atoms. The summed E-state index contributed by atoms with van der Waals surface area (Å²) in [6.45, 7) is 1.16. The molecule has 2 amide bonds. The van der Waals surface area contributed by atoms with Crippen LogP contribution in [0.25, 0.3) is 0 Å². The molecule has 7 heteroatoms. The zero-order valence-corrected chi connectivity index (χ0v) is 12.3. The van der Waals surface area contributed by atoms with Crippen molar-refractivity contribution in [3.8, 4) is 0 Å². The van der Waals surface area contributed by atoms with Gasteiger partial charge < -0.3 is 15.4 Å². The Balaban J connectivity index is 2.13. The average molecular weight is 297 g/mol. The van der Waals surface area contributed by atoms with Crippen LogP contribution in [0.15, 0.2) is 6.20 Å². The van der Waals surface area contributed by atoms with E-state index in [4.69, 9.17) is 10.5 Å². The number of hydrogen-bond donors (Lipinski definition) is 1. The fraction of sp³-hybridized carbons (Fsp3) is 0.615. The molecular formula is C13H19N3O3S. The van der Waals surface area contributed by atoms with Crippen LogP contribution in [0.3, 0.4) is 0 Å². The molecule has 0 aromatic carbocycles. The van der Waals surface area contributed by atoms with Gasteiger partial charge in [0.2, 0.25) is 5.91 Å². The monoisotopic (exact) mass is 297 g/mol. The SMILES string of the molecule is COCCC(=O)N1CCCCC1c1ncc(C(N)=O)s1. The van der Waals surface area contributed by atoms with Crippen LogP contribution in [0.2, 0.25) is 0 Å². The van der Waals surface area contributed by atoms with Gasteiger partial charge >= 0.3 is 0 Å². The first-order chi connectivity index (χ1) is 9.63. The van der Waals surface area contributed by atoms with Gasteiger partial charge in [-0.1, -0.05) is 0 Å². The van der Waals surface area contributed by atoms with E-state index >= 15 is 0 Å². The van der Waals surface area contributed by atoms with Crippen LogP contribution in [0.4, 0.5) is 0 Å². The Morgan fingerprint density at radius 2 is 2.35 bits per heavy atom. The van der Waals surface area contributed by atoms with Gasteiger partial charge in [0.25, 0.3) is 5.91 Å². The quantitative estimate of drug-likeness (QED) is 0.888. The Hall–Kier alpha value is -1.47. The van der Waals surface area contributed by atoms with Gasteiger partial charge in [0, 0.05) is 13.7 Å². The average Bonchev–Trinajstić information content (AvgIpc) is 2.94. The van der Waals surface area contributed by atoms with Crippen molar-refractivity contribution in [3.63, 3.8) is 0 Å². The van der Waals surface area contributed by atoms with Gasteiger partial charge in [-0.2, -0.15) is 0 Å². The maximum Gasteiger partial charge on any atom is 0.260 e. The number of rotatable bonds is 5. The second-order valence-electron chi connectivity index (χ2n) is 4.77. The molecule has 2 heterocycles. The van der Waals surface area contributed by atoms with Crippen LogP contribution in [0.5, 0.6) is 0 Å². The minimum absolute atomic E-state index is 0.0359. The number of hydrogen-bond acceptors (Lipinski definition) is 5. The van der Waals surface area contributed by atoms with Crippen LogP contribution in [0, 0.1) is 0 Å². The van der Waals surface area contributed by atoms with E-state index in [1.54, 1.807) is 7.11 Å². The first kappa shape index (κ1) is 14.9. The van der Waals surface area contributed by atoms with Gasteiger partial charge in [0.05, 0.1) is 25.3 Å². The smallest absolute Gasteiger partial charge is 0.260 e. The molecule has 1 aliphatic rings. The highest BCUT2D eigenvalue weighted by Crippen LogP contribution is 2.33. The first-order valence-electron chi connectivity index (χ1n) is 6.67. The van der Waals surface area contributed by atoms with Gasteiger partial charge in [-0.25, -0.2) is 4.98 Å². The second-order valence-corrected chi connectivity index (χ2v) is 5.83. The molecule has 1 aliphatic heterocycles. The van der Waals surface area contributed by atoms with Crippen molar-refractivity contribution < 1.29 is 14.3 Å². The Morgan fingerprint density at radius 1 is 1.55 bits per heavy atom. The van der Waals surface area contributed by atoms with Crippen molar-refractivity contribution in [1.82, 2.24) is 9.88 Å². The fourth-order valence-electron chi connectivity index (χ4n) is 2.38. The summed E-state index contributed by atoms with van der Waals surface area (Å²) in [4.78, 5) is 29.9. The normalized spacial score (nSPS) is 19.1. The number of nitrogens with zero attached hydrogens (tertiary/aromatic N) is 2. The summed E-state index contributed by atoms with van der Waals surface area (Å²) in [5, 5.41) is 0.796. The van der Waals surface area contributed by atoms with E-state index in [1.165, 1.54) is 17.5 Å². The molecule has 1 saturated heterocycles. The van der Waals surface area contributed by atoms with Crippen molar-refractivity contribution in [1.29, 1.82) is 0 Å². The number of piperidine rings is 1. The third kappa shape index (κ3) is 3.34. The van der Waals surface area contributed by atoms with Crippen LogP contribution in [-0.4, -0.2) is 42.0 Å². The van der Waals surface area contributed by atoms with Gasteiger partial charge in [-0.15, -0.1) is 11.3 Å². The second kappa shape index (κ2) is 6.81. The third-order valence-electron chi connectivity index (χ3n) is 3.39. The van der Waals surface area contributed by atoms with Crippen molar-refractivity contribution in [2.45, 2.75) is 31.7 Å². The Morgan fingerprint density at radius 3 is 3.00 bits per heavy atom. The van der Waals surface area contributed by atoms with E-state index in [2.05, 4.69) is 4.98 Å². The molecule has 0 radical (unpaired) electrons. The molecule has 110 valence electrons. The Kier molecular flexibility index (Phi) is 5.08. The number of amides is 2. The summed E-state index contributed by atoms with van der Waals surface area (Å²) in [6, 6.07) is -0.0359. The molecule has 6 nitrogen and oxygen atoms in total. The number of primary amides is 1. The highest BCUT2D eigenvalue weighted by atomic mass is 32.1. The number of ether oxygens (including phenoxy) is 1. The highest BCUT2D eigenvalue weighted by molar-refractivity contribution is 7.13. The third-order valence-corrected chi connectivity index (χ3v) is 4.51. The van der Waals surface area contributed by atoms with E-state index in [-0.39, 0.29) is 11.9 Å². The number of likely N-dealkylation sites (tertiary alicyclic amines) is 1. The molecule has 0 saturated carbocycles. The maximum atomic E-state index is 12.2. The summed E-state index contributed by atoms with van der Waals surface area (Å²) in [6.07, 6.45) is 4.81. The summed E-state index contributed by atoms with van der Waals surface area (Å²) in [5.74, 6) is -0.394. The number of carbonyl (C=O) groups is 2. The van der Waals surface area contributed by atoms with Crippen LogP contribution in [-0.2, 0) is 9.53 Å². The van der Waals surface area contributed by atoms with Crippen LogP contribution in [0.1, 0.15) is 46.4 Å². The summed E-state index contributed by atoms with van der Waals surface area (Å²) >= 11 is 1.28. The molecule has 1 unspecified atom stereocenters. The predicted molar refractivity (Wildman–Crippen MR) is 75.4 cm³/mol. The van der Waals surface area contributed by atoms with E-state index in [0.29, 0.717) is 17.9 Å². The topological polar surface area (TPSA) is 85.5 Å². The van der Waals surface area contributed by atoms with E-state index in [0.717, 1.165) is 30.8 Å². The van der Waals surface area contributed by atoms with Crippen molar-refractivity contribution in [2.75, 3.05) is 20.3 Å². The van der Waals surface area contributed by atoms with Crippen molar-refractivity contribution in [2.24, 2.45) is 5.73 Å². The molecule has 1 aromatic heterocycles. The Labute approximate surface area is 121 Å². The molecule has 0 aliphatic carbocycles. The fourth-order valence-corrected chi connectivity index (χ4v) is 3.29. The summed E-state index contributed by atoms with van der Waals surface area (Å²) in [5.41, 5.74) is 5.25. The van der Waals surface area contributed by atoms with Gasteiger partial charge in [-0.05, 0) is 19.3 Å². The maximum absolute atomic E-state index is 12.2. The number of methoxy groups -OCH3 is 1. The van der Waals surface area contributed by atoms with E-state index < -0.39 is 5.91 Å². The minimum atomic E-state index is -0.471. The summed E-state index contributed by atoms with van der Waals surface area (Å²) in [7, 11) is 1.58. The lowest BCUT2D eigenvalue weighted by atomic mass is 10.0. The lowest BCUT2D eigenvalue weighted by molar-refractivity contribution is -0.136. The molecule has 0 spiro atoms. The van der Waals surface area contributed by atoms with E-state index in [1.807, 2.05) is 4.90 Å². The first-order valence-corrected chi connectivity index (χ1v) is 7.49. The minimum Gasteiger partial charge on any atom is -0.384 e. The largest absolute Gasteiger partial charge is 0.384 e. The molecule has 1 fully saturated rings. The van der Waals surface area contributed by atoms with Gasteiger partial charge in [0.1, 0.15) is 9.88 Å². The van der Waals surface area contributed by atoms with Crippen molar-refractivity contribution >= 4 is 23.2 Å². The lowest BCUT2D eigenvalue weighted by Gasteiger charge is -2.34. The Bertz CT molecular complexity index is 489. The van der Waals surface area contributed by atoms with E-state index in [9.17, 15) is 9.59 Å². The van der Waals surface area contributed by atoms with Gasteiger partial charge in [-0.3, -0.25) is 9.59 Å². The van der Waals surface area contributed by atoms with Crippen molar-refractivity contribution in [3.05, 3.63) is 16.1 Å². The number of thiazole rings is 1. The zero-order chi connectivity index (χ0) is 14.5. The molecule has 2 N–H and O–H groups in total.